The van der Waals surface area contributed by atoms with Crippen molar-refractivity contribution in [2.75, 3.05) is 81.1 Å². The number of likely N-dealkylation sites (tertiary alicyclic amines) is 2. The van der Waals surface area contributed by atoms with E-state index in [-0.39, 0.29) is 102 Å². The Labute approximate surface area is 620 Å². The SMILES string of the molecule is CCCCN1CC(=O)N(C)[C@@H](C(C)C)C(=O)N[C@@H](CC(C)C)C(=O)N(C)[C@@H](Cc2ccccc2)C(=O)N(C)[C@@H](CCN2CCCC(F)(F)C2)C(=O)N[C@H](C(=O)N2CCCCC2)CC(=O)N[C@H](C)C(=O)N(C)[C@@H](Cc2ccccc2)C(=O)N[C@@H](CC(C)C)C(=O)N(C)[C@@H](CC(C)C)C(=O)N[C@@H]([C@@H](C)O)C1=O. The summed E-state index contributed by atoms with van der Waals surface area (Å²) in [6, 6.07) is 3.31. The summed E-state index contributed by atoms with van der Waals surface area (Å²) in [7, 11) is 6.87. The van der Waals surface area contributed by atoms with Gasteiger partial charge in [0, 0.05) is 80.7 Å². The predicted molar refractivity (Wildman–Crippen MR) is 395 cm³/mol. The lowest BCUT2D eigenvalue weighted by molar-refractivity contribution is -0.151. The number of benzene rings is 2. The Kier molecular flexibility index (Phi) is 34.3. The largest absolute Gasteiger partial charge is 0.391 e. The maximum absolute atomic E-state index is 15.7. The Morgan fingerprint density at radius 3 is 1.55 bits per heavy atom. The number of aliphatic hydroxyl groups excluding tert-OH is 1. The highest BCUT2D eigenvalue weighted by molar-refractivity contribution is 6.00. The molecule has 0 saturated carbocycles. The maximum atomic E-state index is 15.7. The summed E-state index contributed by atoms with van der Waals surface area (Å²) >= 11 is 0. The van der Waals surface area contributed by atoms with Crippen LogP contribution in [0, 0.1) is 23.7 Å². The summed E-state index contributed by atoms with van der Waals surface area (Å²) in [6.07, 6.45) is 0.146. The summed E-state index contributed by atoms with van der Waals surface area (Å²) < 4.78 is 30.2. The Morgan fingerprint density at radius 2 is 1.04 bits per heavy atom. The van der Waals surface area contributed by atoms with Crippen LogP contribution in [0.3, 0.4) is 0 Å². The lowest BCUT2D eigenvalue weighted by Gasteiger charge is -2.38. The predicted octanol–water partition coefficient (Wildman–Crippen LogP) is 4.39. The van der Waals surface area contributed by atoms with Crippen molar-refractivity contribution in [3.8, 4) is 0 Å². The fourth-order valence-electron chi connectivity index (χ4n) is 14.1. The normalized spacial score (nSPS) is 25.9. The van der Waals surface area contributed by atoms with Crippen LogP contribution in [0.1, 0.15) is 164 Å². The lowest BCUT2D eigenvalue weighted by atomic mass is 9.97. The number of rotatable bonds is 19. The highest BCUT2D eigenvalue weighted by Gasteiger charge is 2.45. The van der Waals surface area contributed by atoms with E-state index in [1.807, 2.05) is 48.5 Å². The minimum atomic E-state index is -3.05. The third-order valence-electron chi connectivity index (χ3n) is 20.1. The molecule has 6 N–H and O–H groups in total. The van der Waals surface area contributed by atoms with Crippen LogP contribution in [-0.4, -0.2) is 269 Å². The minimum Gasteiger partial charge on any atom is -0.391 e. The van der Waals surface area contributed by atoms with Gasteiger partial charge in [0.2, 0.25) is 70.9 Å². The molecule has 28 heteroatoms. The lowest BCUT2D eigenvalue weighted by Crippen LogP contribution is -2.62. The van der Waals surface area contributed by atoms with Crippen LogP contribution in [0.5, 0.6) is 0 Å². The zero-order valence-corrected chi connectivity index (χ0v) is 65.0. The number of piperidine rings is 2. The standard InChI is InChI=1S/C77H121F2N13O13/c1-17-18-36-92-46-64(95)89(16)66(51(8)9)70(99)83-57(41-49(4)5)73(102)88(15)62(44-55-31-24-20-25-32-55)75(104)85(12)59(33-39-90-35-28-34-77(78,79)47-90)67(96)82-58(74(103)91-37-26-21-27-38-91)45-63(94)80-52(10)71(100)86(13)61(43-54-29-22-19-23-30-54)68(97)81-56(40-48(2)3)72(101)87(14)60(42-50(6)7)69(98)84-65(53(11)93)76(92)105/h19-20,22-25,29-32,48-53,56-62,65-66,93H,17-18,21,26-28,33-47H2,1-16H3,(H,80,94)(H,81,97)(H,82,96)(H,83,99)(H,84,98)/t52-,53-,56+,57+,58+,59+,60+,61+,62+,65+,66+/m1/s1. The molecule has 2 aromatic carbocycles. The number of likely N-dealkylation sites (N-methyl/N-ethyl adjacent to an activating group) is 5. The van der Waals surface area contributed by atoms with Gasteiger partial charge in [0.25, 0.3) is 5.92 Å². The molecule has 0 aliphatic carbocycles. The van der Waals surface area contributed by atoms with Gasteiger partial charge in [-0.25, -0.2) is 8.78 Å². The summed E-state index contributed by atoms with van der Waals surface area (Å²) in [5.41, 5.74) is 1.21. The molecule has 0 aromatic heterocycles. The van der Waals surface area contributed by atoms with E-state index in [2.05, 4.69) is 26.6 Å². The minimum absolute atomic E-state index is 0.0202. The molecule has 3 aliphatic rings. The third-order valence-corrected chi connectivity index (χ3v) is 20.1. The number of carbonyl (C=O) groups is 12. The summed E-state index contributed by atoms with van der Waals surface area (Å²) in [5, 5.41) is 25.4. The van der Waals surface area contributed by atoms with Crippen LogP contribution < -0.4 is 26.6 Å². The molecular weight excluding hydrogens is 1350 g/mol. The van der Waals surface area contributed by atoms with Crippen LogP contribution in [0.25, 0.3) is 0 Å². The van der Waals surface area contributed by atoms with Gasteiger partial charge in [-0.2, -0.15) is 0 Å². The van der Waals surface area contributed by atoms with E-state index >= 15 is 37.5 Å². The van der Waals surface area contributed by atoms with Crippen LogP contribution in [0.4, 0.5) is 8.78 Å². The molecule has 0 spiro atoms. The van der Waals surface area contributed by atoms with Crippen molar-refractivity contribution in [2.45, 2.75) is 238 Å². The first kappa shape index (κ1) is 87.5. The molecule has 586 valence electrons. The van der Waals surface area contributed by atoms with E-state index in [1.54, 1.807) is 74.5 Å². The molecule has 0 radical (unpaired) electrons. The molecule has 12 amide bonds. The number of hydrogen-bond acceptors (Lipinski definition) is 14. The molecule has 0 unspecified atom stereocenters. The Bertz CT molecular complexity index is 3250. The van der Waals surface area contributed by atoms with Crippen molar-refractivity contribution >= 4 is 70.9 Å². The number of nitrogens with one attached hydrogen (secondary N) is 5. The fourth-order valence-corrected chi connectivity index (χ4v) is 14.1. The Morgan fingerprint density at radius 1 is 0.543 bits per heavy atom. The first-order valence-electron chi connectivity index (χ1n) is 37.6. The summed E-state index contributed by atoms with van der Waals surface area (Å²) in [5.74, 6) is -13.7. The number of alkyl halides is 2. The van der Waals surface area contributed by atoms with Crippen LogP contribution in [0.15, 0.2) is 60.7 Å². The highest BCUT2D eigenvalue weighted by Crippen LogP contribution is 2.28. The Balaban J connectivity index is 1.71. The van der Waals surface area contributed by atoms with E-state index < -0.39 is 169 Å². The van der Waals surface area contributed by atoms with Gasteiger partial charge in [-0.1, -0.05) is 129 Å². The molecule has 105 heavy (non-hydrogen) atoms. The van der Waals surface area contributed by atoms with Gasteiger partial charge < -0.3 is 66.0 Å². The molecule has 2 aromatic rings. The zero-order chi connectivity index (χ0) is 78.3. The zero-order valence-electron chi connectivity index (χ0n) is 65.0. The number of aliphatic hydroxyl groups is 1. The van der Waals surface area contributed by atoms with Crippen molar-refractivity contribution < 1.29 is 71.4 Å². The molecule has 11 atom stereocenters. The highest BCUT2D eigenvalue weighted by atomic mass is 19.3. The van der Waals surface area contributed by atoms with E-state index in [0.717, 1.165) is 16.2 Å². The average Bonchev–Trinajstić information content (AvgIpc) is 0.817. The average molecular weight is 1470 g/mol. The topological polar surface area (TPSA) is 311 Å². The van der Waals surface area contributed by atoms with Crippen molar-refractivity contribution in [3.05, 3.63) is 71.8 Å². The number of unbranched alkanes of at least 4 members (excludes halogenated alkanes) is 1. The van der Waals surface area contributed by atoms with E-state index in [0.29, 0.717) is 36.8 Å². The monoisotopic (exact) mass is 1470 g/mol. The number of carbonyl (C=O) groups excluding carboxylic acids is 12. The molecule has 3 saturated heterocycles. The van der Waals surface area contributed by atoms with Gasteiger partial charge in [0.1, 0.15) is 60.4 Å². The number of amides is 12. The van der Waals surface area contributed by atoms with Crippen LogP contribution in [0.2, 0.25) is 0 Å². The van der Waals surface area contributed by atoms with Gasteiger partial charge >= 0.3 is 0 Å². The van der Waals surface area contributed by atoms with Gasteiger partial charge in [0.05, 0.1) is 25.6 Å². The van der Waals surface area contributed by atoms with Crippen LogP contribution in [-0.2, 0) is 70.4 Å². The van der Waals surface area contributed by atoms with Gasteiger partial charge in [-0.3, -0.25) is 62.4 Å². The molecule has 26 nitrogen and oxygen atoms in total. The second-order valence-electron chi connectivity index (χ2n) is 30.7. The van der Waals surface area contributed by atoms with Crippen molar-refractivity contribution in [1.82, 2.24) is 65.8 Å². The molecule has 3 heterocycles. The fraction of sp³-hybridized carbons (Fsp3) is 0.688. The van der Waals surface area contributed by atoms with Crippen molar-refractivity contribution in [2.24, 2.45) is 23.7 Å². The second-order valence-corrected chi connectivity index (χ2v) is 30.7. The molecule has 3 fully saturated rings. The first-order chi connectivity index (χ1) is 49.4. The molecule has 5 rings (SSSR count). The number of halogens is 2. The second kappa shape index (κ2) is 41.1. The molecule has 3 aliphatic heterocycles. The van der Waals surface area contributed by atoms with E-state index in [1.165, 1.54) is 78.5 Å². The maximum Gasteiger partial charge on any atom is 0.260 e. The van der Waals surface area contributed by atoms with Crippen molar-refractivity contribution in [3.63, 3.8) is 0 Å². The summed E-state index contributed by atoms with van der Waals surface area (Å²) in [6.45, 7) is 18.3. The first-order valence-corrected chi connectivity index (χ1v) is 37.6. The quantitative estimate of drug-likeness (QED) is 0.114. The van der Waals surface area contributed by atoms with Gasteiger partial charge in [0.15, 0.2) is 0 Å². The molecular formula is C77H121F2N13O13. The van der Waals surface area contributed by atoms with Crippen molar-refractivity contribution in [1.29, 1.82) is 0 Å². The van der Waals surface area contributed by atoms with E-state index in [4.69, 9.17) is 0 Å². The summed E-state index contributed by atoms with van der Waals surface area (Å²) in [4.78, 5) is 191. The van der Waals surface area contributed by atoms with Gasteiger partial charge in [-0.15, -0.1) is 0 Å². The Hall–Kier alpha value is -8.14. The van der Waals surface area contributed by atoms with Crippen LogP contribution >= 0.6 is 0 Å². The van der Waals surface area contributed by atoms with Gasteiger partial charge in [-0.05, 0) is 113 Å². The van der Waals surface area contributed by atoms with E-state index in [9.17, 15) is 33.9 Å². The molecule has 0 bridgehead atoms. The smallest absolute Gasteiger partial charge is 0.260 e. The third kappa shape index (κ3) is 25.8. The number of nitrogens with zero attached hydrogens (tertiary/aromatic N) is 8. The number of hydrogen-bond donors (Lipinski definition) is 6.